The van der Waals surface area contributed by atoms with Crippen molar-refractivity contribution in [2.24, 2.45) is 11.5 Å². The average Bonchev–Trinajstić information content (AvgIpc) is 2.68. The number of nitrogens with two attached hydrogens (primary N) is 2. The first-order valence-corrected chi connectivity index (χ1v) is 9.83. The molecule has 6 N–H and O–H groups in total. The molecular weight excluding hydrogens is 354 g/mol. The Hall–Kier alpha value is -2.74. The summed E-state index contributed by atoms with van der Waals surface area (Å²) < 4.78 is 0. The molecule has 1 aliphatic rings. The van der Waals surface area contributed by atoms with Gasteiger partial charge >= 0.3 is 0 Å². The van der Waals surface area contributed by atoms with E-state index in [0.29, 0.717) is 36.0 Å². The SMILES string of the molecule is CCc1nc(C(N)=O)c(Nc2ccc(C)nc2)nc1NCC1(N)CCCCC1. The fourth-order valence-corrected chi connectivity index (χ4v) is 3.49. The zero-order valence-corrected chi connectivity index (χ0v) is 16.6. The molecule has 28 heavy (non-hydrogen) atoms. The van der Waals surface area contributed by atoms with E-state index in [2.05, 4.69) is 25.6 Å². The molecule has 1 saturated carbocycles. The van der Waals surface area contributed by atoms with Gasteiger partial charge in [-0.15, -0.1) is 0 Å². The number of hydrogen-bond acceptors (Lipinski definition) is 7. The van der Waals surface area contributed by atoms with E-state index in [1.54, 1.807) is 6.20 Å². The van der Waals surface area contributed by atoms with Crippen molar-refractivity contribution in [1.82, 2.24) is 15.0 Å². The highest BCUT2D eigenvalue weighted by Gasteiger charge is 2.28. The van der Waals surface area contributed by atoms with E-state index in [0.717, 1.165) is 31.4 Å². The number of hydrogen-bond donors (Lipinski definition) is 4. The Kier molecular flexibility index (Phi) is 6.08. The summed E-state index contributed by atoms with van der Waals surface area (Å²) in [4.78, 5) is 25.3. The molecule has 3 rings (SSSR count). The molecule has 1 aliphatic carbocycles. The van der Waals surface area contributed by atoms with Crippen molar-refractivity contribution in [3.8, 4) is 0 Å². The van der Waals surface area contributed by atoms with Gasteiger partial charge in [-0.25, -0.2) is 9.97 Å². The highest BCUT2D eigenvalue weighted by molar-refractivity contribution is 5.96. The molecule has 8 nitrogen and oxygen atoms in total. The number of carbonyl (C=O) groups excluding carboxylic acids is 1. The fourth-order valence-electron chi connectivity index (χ4n) is 3.49. The van der Waals surface area contributed by atoms with E-state index < -0.39 is 5.91 Å². The summed E-state index contributed by atoms with van der Waals surface area (Å²) in [6.07, 6.45) is 7.84. The monoisotopic (exact) mass is 383 g/mol. The Labute approximate surface area is 165 Å². The van der Waals surface area contributed by atoms with Gasteiger partial charge in [0.15, 0.2) is 11.5 Å². The maximum absolute atomic E-state index is 11.9. The van der Waals surface area contributed by atoms with Gasteiger partial charge in [0, 0.05) is 17.8 Å². The number of aryl methyl sites for hydroxylation is 2. The maximum atomic E-state index is 11.9. The number of primary amides is 1. The molecule has 0 atom stereocenters. The standard InChI is InChI=1S/C20H29N7O/c1-3-15-18(24-12-20(22)9-5-4-6-10-20)27-19(16(26-15)17(21)28)25-14-8-7-13(2)23-11-14/h7-8,11H,3-6,9-10,12,22H2,1-2H3,(H2,21,28)(H2,24,25,27). The minimum absolute atomic E-state index is 0.114. The molecule has 0 saturated heterocycles. The van der Waals surface area contributed by atoms with Gasteiger partial charge in [0.2, 0.25) is 0 Å². The zero-order chi connectivity index (χ0) is 20.1. The second-order valence-electron chi connectivity index (χ2n) is 7.52. The number of anilines is 3. The number of rotatable bonds is 7. The summed E-state index contributed by atoms with van der Waals surface area (Å²) in [5.74, 6) is 0.317. The zero-order valence-electron chi connectivity index (χ0n) is 16.6. The molecular formula is C20H29N7O. The van der Waals surface area contributed by atoms with Crippen LogP contribution in [0.5, 0.6) is 0 Å². The molecule has 1 fully saturated rings. The number of aromatic nitrogens is 3. The van der Waals surface area contributed by atoms with Gasteiger partial charge in [-0.05, 0) is 38.3 Å². The van der Waals surface area contributed by atoms with Gasteiger partial charge in [0.1, 0.15) is 5.82 Å². The lowest BCUT2D eigenvalue weighted by Gasteiger charge is -2.33. The summed E-state index contributed by atoms with van der Waals surface area (Å²) in [7, 11) is 0. The summed E-state index contributed by atoms with van der Waals surface area (Å²) in [6, 6.07) is 3.74. The third-order valence-corrected chi connectivity index (χ3v) is 5.17. The topological polar surface area (TPSA) is 132 Å². The molecule has 2 aromatic rings. The van der Waals surface area contributed by atoms with Gasteiger partial charge in [0.05, 0.1) is 17.6 Å². The number of carbonyl (C=O) groups is 1. The van der Waals surface area contributed by atoms with E-state index in [9.17, 15) is 4.79 Å². The number of nitrogens with one attached hydrogen (secondary N) is 2. The van der Waals surface area contributed by atoms with Crippen LogP contribution in [0.2, 0.25) is 0 Å². The van der Waals surface area contributed by atoms with Crippen LogP contribution < -0.4 is 22.1 Å². The van der Waals surface area contributed by atoms with E-state index in [-0.39, 0.29) is 11.2 Å². The highest BCUT2D eigenvalue weighted by Crippen LogP contribution is 2.27. The molecule has 8 heteroatoms. The Morgan fingerprint density at radius 3 is 2.54 bits per heavy atom. The minimum atomic E-state index is -0.626. The first kappa shape index (κ1) is 20.0. The van der Waals surface area contributed by atoms with Crippen molar-refractivity contribution in [2.75, 3.05) is 17.2 Å². The van der Waals surface area contributed by atoms with Crippen LogP contribution in [0.1, 0.15) is 60.9 Å². The number of pyridine rings is 1. The largest absolute Gasteiger partial charge is 0.367 e. The molecule has 0 bridgehead atoms. The molecule has 2 heterocycles. The van der Waals surface area contributed by atoms with Crippen molar-refractivity contribution in [1.29, 1.82) is 0 Å². The molecule has 0 aromatic carbocycles. The van der Waals surface area contributed by atoms with Crippen molar-refractivity contribution in [3.05, 3.63) is 35.4 Å². The second kappa shape index (κ2) is 8.52. The predicted octanol–water partition coefficient (Wildman–Crippen LogP) is 2.66. The quantitative estimate of drug-likeness (QED) is 0.578. The molecule has 150 valence electrons. The van der Waals surface area contributed by atoms with Gasteiger partial charge in [-0.1, -0.05) is 26.2 Å². The van der Waals surface area contributed by atoms with Crippen LogP contribution in [0.4, 0.5) is 17.3 Å². The van der Waals surface area contributed by atoms with Crippen molar-refractivity contribution < 1.29 is 4.79 Å². The third kappa shape index (κ3) is 4.75. The Morgan fingerprint density at radius 1 is 1.18 bits per heavy atom. The van der Waals surface area contributed by atoms with Crippen LogP contribution >= 0.6 is 0 Å². The van der Waals surface area contributed by atoms with Crippen molar-refractivity contribution in [2.45, 2.75) is 57.9 Å². The maximum Gasteiger partial charge on any atom is 0.271 e. The van der Waals surface area contributed by atoms with E-state index >= 15 is 0 Å². The van der Waals surface area contributed by atoms with E-state index in [4.69, 9.17) is 11.5 Å². The van der Waals surface area contributed by atoms with Crippen LogP contribution in [0.15, 0.2) is 18.3 Å². The lowest BCUT2D eigenvalue weighted by atomic mass is 9.82. The Morgan fingerprint density at radius 2 is 1.93 bits per heavy atom. The molecule has 0 spiro atoms. The van der Waals surface area contributed by atoms with Gasteiger partial charge in [-0.2, -0.15) is 0 Å². The lowest BCUT2D eigenvalue weighted by molar-refractivity contribution is 0.0996. The summed E-state index contributed by atoms with van der Waals surface area (Å²) >= 11 is 0. The smallest absolute Gasteiger partial charge is 0.271 e. The average molecular weight is 384 g/mol. The second-order valence-corrected chi connectivity index (χ2v) is 7.52. The van der Waals surface area contributed by atoms with Crippen LogP contribution in [0, 0.1) is 6.92 Å². The van der Waals surface area contributed by atoms with Crippen molar-refractivity contribution in [3.63, 3.8) is 0 Å². The fraction of sp³-hybridized carbons (Fsp3) is 0.500. The molecule has 2 aromatic heterocycles. The summed E-state index contributed by atoms with van der Waals surface area (Å²) in [6.45, 7) is 4.50. The normalized spacial score (nSPS) is 15.8. The molecule has 1 amide bonds. The molecule has 0 radical (unpaired) electrons. The summed E-state index contributed by atoms with van der Waals surface area (Å²) in [5, 5.41) is 6.48. The van der Waals surface area contributed by atoms with Crippen molar-refractivity contribution >= 4 is 23.2 Å². The van der Waals surface area contributed by atoms with Crippen LogP contribution in [0.3, 0.4) is 0 Å². The van der Waals surface area contributed by atoms with Gasteiger partial charge in [0.25, 0.3) is 5.91 Å². The van der Waals surface area contributed by atoms with Crippen LogP contribution in [0.25, 0.3) is 0 Å². The molecule has 0 unspecified atom stereocenters. The van der Waals surface area contributed by atoms with E-state index in [1.165, 1.54) is 6.42 Å². The minimum Gasteiger partial charge on any atom is -0.367 e. The van der Waals surface area contributed by atoms with Crippen LogP contribution in [-0.2, 0) is 6.42 Å². The Balaban J connectivity index is 1.88. The summed E-state index contributed by atoms with van der Waals surface area (Å²) in [5.41, 5.74) is 14.3. The van der Waals surface area contributed by atoms with E-state index in [1.807, 2.05) is 26.0 Å². The van der Waals surface area contributed by atoms with Gasteiger partial charge < -0.3 is 22.1 Å². The Bertz CT molecular complexity index is 829. The first-order valence-electron chi connectivity index (χ1n) is 9.83. The van der Waals surface area contributed by atoms with Gasteiger partial charge in [-0.3, -0.25) is 9.78 Å². The van der Waals surface area contributed by atoms with Crippen LogP contribution in [-0.4, -0.2) is 32.9 Å². The highest BCUT2D eigenvalue weighted by atomic mass is 16.1. The number of amides is 1. The molecule has 0 aliphatic heterocycles. The first-order chi connectivity index (χ1) is 13.4. The third-order valence-electron chi connectivity index (χ3n) is 5.17. The predicted molar refractivity (Wildman–Crippen MR) is 111 cm³/mol. The lowest BCUT2D eigenvalue weighted by Crippen LogP contribution is -2.47. The number of nitrogens with zero attached hydrogens (tertiary/aromatic N) is 3.